The van der Waals surface area contributed by atoms with E-state index in [4.69, 9.17) is 4.74 Å². The van der Waals surface area contributed by atoms with Gasteiger partial charge in [-0.3, -0.25) is 4.79 Å². The topological polar surface area (TPSA) is 34.5 Å². The van der Waals surface area contributed by atoms with Gasteiger partial charge in [-0.1, -0.05) is 36.4 Å². The molecule has 0 N–H and O–H groups in total. The molecule has 4 rings (SSSR count). The molecule has 1 amide bonds. The molecule has 1 unspecified atom stereocenters. The van der Waals surface area contributed by atoms with E-state index in [2.05, 4.69) is 29.0 Å². The summed E-state index contributed by atoms with van der Waals surface area (Å²) in [6.07, 6.45) is 2.08. The molecule has 25 heavy (non-hydrogen) atoms. The van der Waals surface area contributed by atoms with E-state index in [0.717, 1.165) is 17.8 Å². The number of carbonyl (C=O) groups is 1. The Kier molecular flexibility index (Phi) is 4.02. The standard InChI is InChI=1S/C21H20N2O2/c1-25-18-10-5-9-17(15-18)21(24)23-14-13-22-12-6-11-19(22)20(23)16-7-3-2-4-8-16/h2-12,15,20H,13-14H2,1H3. The van der Waals surface area contributed by atoms with Crippen LogP contribution in [0.25, 0.3) is 0 Å². The second-order valence-electron chi connectivity index (χ2n) is 6.17. The molecule has 1 aliphatic heterocycles. The van der Waals surface area contributed by atoms with Crippen molar-refractivity contribution in [3.05, 3.63) is 89.7 Å². The largest absolute Gasteiger partial charge is 0.497 e. The molecule has 0 aliphatic carbocycles. The van der Waals surface area contributed by atoms with Gasteiger partial charge in [0.25, 0.3) is 5.91 Å². The molecule has 0 spiro atoms. The number of aromatic nitrogens is 1. The molecule has 4 heteroatoms. The third kappa shape index (κ3) is 2.80. The number of fused-ring (bicyclic) bond motifs is 1. The van der Waals surface area contributed by atoms with Crippen LogP contribution in [0.3, 0.4) is 0 Å². The lowest BCUT2D eigenvalue weighted by Gasteiger charge is -2.37. The van der Waals surface area contributed by atoms with E-state index >= 15 is 0 Å². The third-order valence-electron chi connectivity index (χ3n) is 4.73. The summed E-state index contributed by atoms with van der Waals surface area (Å²) < 4.78 is 7.50. The Morgan fingerprint density at radius 2 is 1.84 bits per heavy atom. The molecule has 1 aromatic heterocycles. The smallest absolute Gasteiger partial charge is 0.254 e. The highest BCUT2D eigenvalue weighted by molar-refractivity contribution is 5.95. The van der Waals surface area contributed by atoms with Crippen molar-refractivity contribution in [2.75, 3.05) is 13.7 Å². The lowest BCUT2D eigenvalue weighted by Crippen LogP contribution is -2.42. The number of rotatable bonds is 3. The van der Waals surface area contributed by atoms with Crippen LogP contribution in [0.15, 0.2) is 72.9 Å². The Labute approximate surface area is 147 Å². The van der Waals surface area contributed by atoms with Crippen molar-refractivity contribution in [2.24, 2.45) is 0 Å². The van der Waals surface area contributed by atoms with Crippen molar-refractivity contribution < 1.29 is 9.53 Å². The first-order chi connectivity index (χ1) is 12.3. The molecule has 0 saturated carbocycles. The number of benzene rings is 2. The van der Waals surface area contributed by atoms with E-state index < -0.39 is 0 Å². The Hall–Kier alpha value is -3.01. The van der Waals surface area contributed by atoms with Gasteiger partial charge in [-0.25, -0.2) is 0 Å². The minimum absolute atomic E-state index is 0.0280. The lowest BCUT2D eigenvalue weighted by atomic mass is 9.99. The van der Waals surface area contributed by atoms with E-state index in [1.165, 1.54) is 0 Å². The van der Waals surface area contributed by atoms with Gasteiger partial charge in [0.15, 0.2) is 0 Å². The molecule has 0 fully saturated rings. The van der Waals surface area contributed by atoms with Crippen molar-refractivity contribution in [1.82, 2.24) is 9.47 Å². The predicted molar refractivity (Wildman–Crippen MR) is 96.7 cm³/mol. The monoisotopic (exact) mass is 332 g/mol. The average Bonchev–Trinajstić information content (AvgIpc) is 3.16. The maximum absolute atomic E-state index is 13.2. The van der Waals surface area contributed by atoms with E-state index in [9.17, 15) is 4.79 Å². The van der Waals surface area contributed by atoms with Crippen molar-refractivity contribution >= 4 is 5.91 Å². The molecule has 3 aromatic rings. The van der Waals surface area contributed by atoms with Gasteiger partial charge in [-0.2, -0.15) is 0 Å². The second-order valence-corrected chi connectivity index (χ2v) is 6.17. The quantitative estimate of drug-likeness (QED) is 0.732. The summed E-state index contributed by atoms with van der Waals surface area (Å²) in [6.45, 7) is 1.48. The molecule has 4 nitrogen and oxygen atoms in total. The van der Waals surface area contributed by atoms with Gasteiger partial charge < -0.3 is 14.2 Å². The zero-order chi connectivity index (χ0) is 17.2. The summed E-state index contributed by atoms with van der Waals surface area (Å²) in [7, 11) is 1.62. The maximum Gasteiger partial charge on any atom is 0.254 e. The highest BCUT2D eigenvalue weighted by Crippen LogP contribution is 2.33. The number of hydrogen-bond donors (Lipinski definition) is 0. The van der Waals surface area contributed by atoms with Gasteiger partial charge in [0.05, 0.1) is 13.2 Å². The van der Waals surface area contributed by atoms with Crippen molar-refractivity contribution in [3.63, 3.8) is 0 Å². The minimum atomic E-state index is -0.0800. The van der Waals surface area contributed by atoms with Gasteiger partial charge in [-0.05, 0) is 35.9 Å². The predicted octanol–water partition coefficient (Wildman–Crippen LogP) is 3.74. The molecular formula is C21H20N2O2. The number of hydrogen-bond acceptors (Lipinski definition) is 2. The van der Waals surface area contributed by atoms with Gasteiger partial charge >= 0.3 is 0 Å². The first-order valence-electron chi connectivity index (χ1n) is 8.43. The van der Waals surface area contributed by atoms with Crippen molar-refractivity contribution in [1.29, 1.82) is 0 Å². The van der Waals surface area contributed by atoms with Crippen LogP contribution in [0.2, 0.25) is 0 Å². The van der Waals surface area contributed by atoms with E-state index in [0.29, 0.717) is 17.9 Å². The van der Waals surface area contributed by atoms with E-state index in [1.54, 1.807) is 13.2 Å². The zero-order valence-electron chi connectivity index (χ0n) is 14.1. The summed E-state index contributed by atoms with van der Waals surface area (Å²) in [5.74, 6) is 0.725. The summed E-state index contributed by atoms with van der Waals surface area (Å²) in [5, 5.41) is 0. The van der Waals surface area contributed by atoms with Crippen LogP contribution < -0.4 is 4.74 Å². The first-order valence-corrected chi connectivity index (χ1v) is 8.43. The van der Waals surface area contributed by atoms with Crippen LogP contribution in [0.4, 0.5) is 0 Å². The molecule has 1 aliphatic rings. The number of amides is 1. The molecule has 2 heterocycles. The molecular weight excluding hydrogens is 312 g/mol. The maximum atomic E-state index is 13.2. The van der Waals surface area contributed by atoms with Crippen LogP contribution >= 0.6 is 0 Å². The van der Waals surface area contributed by atoms with Gasteiger partial charge in [0.2, 0.25) is 0 Å². The molecule has 0 radical (unpaired) electrons. The van der Waals surface area contributed by atoms with E-state index in [1.807, 2.05) is 47.4 Å². The van der Waals surface area contributed by atoms with E-state index in [-0.39, 0.29) is 11.9 Å². The SMILES string of the molecule is COc1cccc(C(=O)N2CCn3cccc3C2c2ccccc2)c1. The van der Waals surface area contributed by atoms with Crippen LogP contribution in [-0.2, 0) is 6.54 Å². The first kappa shape index (κ1) is 15.5. The highest BCUT2D eigenvalue weighted by atomic mass is 16.5. The fourth-order valence-corrected chi connectivity index (χ4v) is 3.51. The van der Waals surface area contributed by atoms with Gasteiger partial charge in [0.1, 0.15) is 5.75 Å². The van der Waals surface area contributed by atoms with Crippen molar-refractivity contribution in [3.8, 4) is 5.75 Å². The highest BCUT2D eigenvalue weighted by Gasteiger charge is 2.32. The Morgan fingerprint density at radius 3 is 2.64 bits per heavy atom. The third-order valence-corrected chi connectivity index (χ3v) is 4.73. The molecule has 2 aromatic carbocycles. The Bertz CT molecular complexity index is 886. The minimum Gasteiger partial charge on any atom is -0.497 e. The van der Waals surface area contributed by atoms with Crippen molar-refractivity contribution in [2.45, 2.75) is 12.6 Å². The molecule has 0 bridgehead atoms. The summed E-state index contributed by atoms with van der Waals surface area (Å²) in [6, 6.07) is 21.6. The fraction of sp³-hybridized carbons (Fsp3) is 0.190. The van der Waals surface area contributed by atoms with Crippen LogP contribution in [0.5, 0.6) is 5.75 Å². The number of ether oxygens (including phenoxy) is 1. The Morgan fingerprint density at radius 1 is 1.00 bits per heavy atom. The zero-order valence-corrected chi connectivity index (χ0v) is 14.1. The summed E-state index contributed by atoms with van der Waals surface area (Å²) >= 11 is 0. The Balaban J connectivity index is 1.76. The van der Waals surface area contributed by atoms with Crippen LogP contribution in [0.1, 0.15) is 27.7 Å². The fourth-order valence-electron chi connectivity index (χ4n) is 3.51. The second kappa shape index (κ2) is 6.48. The van der Waals surface area contributed by atoms with Gasteiger partial charge in [0, 0.05) is 30.5 Å². The average molecular weight is 332 g/mol. The lowest BCUT2D eigenvalue weighted by molar-refractivity contribution is 0.0663. The molecule has 0 saturated heterocycles. The number of methoxy groups -OCH3 is 1. The van der Waals surface area contributed by atoms with Crippen LogP contribution in [-0.4, -0.2) is 29.0 Å². The molecule has 126 valence electrons. The molecule has 1 atom stereocenters. The van der Waals surface area contributed by atoms with Crippen LogP contribution in [0, 0.1) is 0 Å². The number of nitrogens with zero attached hydrogens (tertiary/aromatic N) is 2. The summed E-state index contributed by atoms with van der Waals surface area (Å²) in [5.41, 5.74) is 2.92. The number of carbonyl (C=O) groups excluding carboxylic acids is 1. The summed E-state index contributed by atoms with van der Waals surface area (Å²) in [4.78, 5) is 15.2. The normalized spacial score (nSPS) is 16.4. The van der Waals surface area contributed by atoms with Gasteiger partial charge in [-0.15, -0.1) is 0 Å².